The normalized spacial score (nSPS) is 12.2. The minimum absolute atomic E-state index is 0.0711. The van der Waals surface area contributed by atoms with Crippen molar-refractivity contribution in [3.05, 3.63) is 0 Å². The minimum Gasteiger partial charge on any atom is -0.466 e. The van der Waals surface area contributed by atoms with Crippen molar-refractivity contribution < 1.29 is 19.1 Å². The van der Waals surface area contributed by atoms with Gasteiger partial charge in [0, 0.05) is 0 Å². The lowest BCUT2D eigenvalue weighted by Crippen LogP contribution is -2.27. The van der Waals surface area contributed by atoms with Gasteiger partial charge in [-0.3, -0.25) is 9.59 Å². The van der Waals surface area contributed by atoms with E-state index < -0.39 is 5.92 Å². The van der Waals surface area contributed by atoms with Gasteiger partial charge in [0.15, 0.2) is 0 Å². The molecule has 0 aliphatic carbocycles. The van der Waals surface area contributed by atoms with E-state index in [0.717, 1.165) is 25.7 Å². The van der Waals surface area contributed by atoms with Gasteiger partial charge in [0.1, 0.15) is 0 Å². The van der Waals surface area contributed by atoms with E-state index in [-0.39, 0.29) is 24.3 Å². The summed E-state index contributed by atoms with van der Waals surface area (Å²) in [6, 6.07) is 0. The molecule has 0 aliphatic heterocycles. The van der Waals surface area contributed by atoms with Crippen LogP contribution in [0, 0.1) is 11.8 Å². The number of hydrogen-bond acceptors (Lipinski definition) is 4. The van der Waals surface area contributed by atoms with Crippen LogP contribution in [-0.4, -0.2) is 25.2 Å². The van der Waals surface area contributed by atoms with Gasteiger partial charge in [-0.15, -0.1) is 0 Å². The van der Waals surface area contributed by atoms with Gasteiger partial charge in [-0.1, -0.05) is 118 Å². The molecule has 1 atom stereocenters. The lowest BCUT2D eigenvalue weighted by atomic mass is 9.93. The molecule has 0 spiro atoms. The van der Waals surface area contributed by atoms with Crippen LogP contribution in [0.3, 0.4) is 0 Å². The zero-order valence-electron chi connectivity index (χ0n) is 21.2. The molecule has 0 bridgehead atoms. The van der Waals surface area contributed by atoms with E-state index in [9.17, 15) is 9.59 Å². The van der Waals surface area contributed by atoms with Crippen LogP contribution >= 0.6 is 0 Å². The third-order valence-electron chi connectivity index (χ3n) is 6.00. The van der Waals surface area contributed by atoms with Crippen LogP contribution in [0.4, 0.5) is 0 Å². The van der Waals surface area contributed by atoms with Crippen molar-refractivity contribution in [3.8, 4) is 0 Å². The molecule has 0 aromatic rings. The SMILES string of the molecule is CCCCCCCCCCOC(=O)CC(C(=O)OCCCCCCCCCC)C(C)C. The Balaban J connectivity index is 3.82. The van der Waals surface area contributed by atoms with Gasteiger partial charge >= 0.3 is 11.9 Å². The number of carbonyl (C=O) groups is 2. The standard InChI is InChI=1S/C27H52O4/c1-5-7-9-11-13-15-17-19-21-30-26(28)23-25(24(3)4)27(29)31-22-20-18-16-14-12-10-8-6-2/h24-25H,5-23H2,1-4H3. The van der Waals surface area contributed by atoms with Gasteiger partial charge in [0.2, 0.25) is 0 Å². The summed E-state index contributed by atoms with van der Waals surface area (Å²) in [5.41, 5.74) is 0. The summed E-state index contributed by atoms with van der Waals surface area (Å²) in [5.74, 6) is -0.852. The van der Waals surface area contributed by atoms with Gasteiger partial charge in [-0.05, 0) is 18.8 Å². The molecule has 31 heavy (non-hydrogen) atoms. The second kappa shape index (κ2) is 22.1. The second-order valence-electron chi connectivity index (χ2n) is 9.39. The predicted molar refractivity (Wildman–Crippen MR) is 130 cm³/mol. The van der Waals surface area contributed by atoms with Gasteiger partial charge in [-0.25, -0.2) is 0 Å². The topological polar surface area (TPSA) is 52.6 Å². The average molecular weight is 441 g/mol. The van der Waals surface area contributed by atoms with Crippen LogP contribution in [0.15, 0.2) is 0 Å². The van der Waals surface area contributed by atoms with Crippen LogP contribution < -0.4 is 0 Å². The van der Waals surface area contributed by atoms with Crippen LogP contribution in [0.25, 0.3) is 0 Å². The third kappa shape index (κ3) is 19.4. The van der Waals surface area contributed by atoms with E-state index in [0.29, 0.717) is 13.2 Å². The van der Waals surface area contributed by atoms with Crippen LogP contribution in [0.1, 0.15) is 137 Å². The number of carbonyl (C=O) groups excluding carboxylic acids is 2. The van der Waals surface area contributed by atoms with E-state index in [2.05, 4.69) is 13.8 Å². The average Bonchev–Trinajstić information content (AvgIpc) is 2.74. The Morgan fingerprint density at radius 1 is 0.581 bits per heavy atom. The number of rotatable bonds is 22. The van der Waals surface area contributed by atoms with Crippen molar-refractivity contribution in [2.45, 2.75) is 137 Å². The van der Waals surface area contributed by atoms with Crippen LogP contribution in [0.2, 0.25) is 0 Å². The molecule has 1 unspecified atom stereocenters. The molecule has 0 heterocycles. The molecule has 0 fully saturated rings. The summed E-state index contributed by atoms with van der Waals surface area (Å²) in [7, 11) is 0. The molecule has 0 radical (unpaired) electrons. The lowest BCUT2D eigenvalue weighted by Gasteiger charge is -2.18. The summed E-state index contributed by atoms with van der Waals surface area (Å²) in [6.45, 7) is 9.32. The molecule has 0 rings (SSSR count). The Hall–Kier alpha value is -1.06. The summed E-state index contributed by atoms with van der Waals surface area (Å²) in [5, 5.41) is 0. The fourth-order valence-electron chi connectivity index (χ4n) is 3.77. The fourth-order valence-corrected chi connectivity index (χ4v) is 3.77. The number of ether oxygens (including phenoxy) is 2. The summed E-state index contributed by atoms with van der Waals surface area (Å²) < 4.78 is 10.8. The van der Waals surface area contributed by atoms with E-state index >= 15 is 0 Å². The highest BCUT2D eigenvalue weighted by Gasteiger charge is 2.27. The van der Waals surface area contributed by atoms with Gasteiger partial charge in [-0.2, -0.15) is 0 Å². The maximum absolute atomic E-state index is 12.4. The third-order valence-corrected chi connectivity index (χ3v) is 6.00. The molecule has 0 N–H and O–H groups in total. The molecule has 0 saturated carbocycles. The van der Waals surface area contributed by atoms with Crippen LogP contribution in [0.5, 0.6) is 0 Å². The monoisotopic (exact) mass is 440 g/mol. The Morgan fingerprint density at radius 2 is 0.968 bits per heavy atom. The predicted octanol–water partition coefficient (Wildman–Crippen LogP) is 8.02. The molecule has 0 aliphatic rings. The Labute approximate surface area is 193 Å². The zero-order valence-corrected chi connectivity index (χ0v) is 21.2. The molecule has 0 aromatic carbocycles. The number of unbranched alkanes of at least 4 members (excludes halogenated alkanes) is 14. The molecule has 0 saturated heterocycles. The van der Waals surface area contributed by atoms with Crippen molar-refractivity contribution in [1.29, 1.82) is 0 Å². The molecular formula is C27H52O4. The summed E-state index contributed by atoms with van der Waals surface area (Å²) >= 11 is 0. The number of hydrogen-bond donors (Lipinski definition) is 0. The first-order chi connectivity index (χ1) is 15.0. The van der Waals surface area contributed by atoms with E-state index in [1.807, 2.05) is 13.8 Å². The summed E-state index contributed by atoms with van der Waals surface area (Å²) in [4.78, 5) is 24.6. The van der Waals surface area contributed by atoms with Crippen molar-refractivity contribution in [1.82, 2.24) is 0 Å². The van der Waals surface area contributed by atoms with Crippen molar-refractivity contribution in [2.75, 3.05) is 13.2 Å². The highest BCUT2D eigenvalue weighted by atomic mass is 16.5. The first-order valence-electron chi connectivity index (χ1n) is 13.3. The summed E-state index contributed by atoms with van der Waals surface area (Å²) in [6.07, 6.45) is 19.6. The second-order valence-corrected chi connectivity index (χ2v) is 9.39. The van der Waals surface area contributed by atoms with Gasteiger partial charge < -0.3 is 9.47 Å². The van der Waals surface area contributed by atoms with E-state index in [1.54, 1.807) is 0 Å². The van der Waals surface area contributed by atoms with Crippen LogP contribution in [-0.2, 0) is 19.1 Å². The van der Waals surface area contributed by atoms with Crippen molar-refractivity contribution in [2.24, 2.45) is 11.8 Å². The highest BCUT2D eigenvalue weighted by molar-refractivity contribution is 5.80. The highest BCUT2D eigenvalue weighted by Crippen LogP contribution is 2.19. The fraction of sp³-hybridized carbons (Fsp3) is 0.926. The zero-order chi connectivity index (χ0) is 23.2. The van der Waals surface area contributed by atoms with Crippen molar-refractivity contribution >= 4 is 11.9 Å². The molecule has 184 valence electrons. The Morgan fingerprint density at radius 3 is 1.39 bits per heavy atom. The lowest BCUT2D eigenvalue weighted by molar-refractivity contribution is -0.157. The largest absolute Gasteiger partial charge is 0.466 e. The van der Waals surface area contributed by atoms with Crippen molar-refractivity contribution in [3.63, 3.8) is 0 Å². The molecule has 0 aromatic heterocycles. The smallest absolute Gasteiger partial charge is 0.309 e. The van der Waals surface area contributed by atoms with E-state index in [1.165, 1.54) is 77.0 Å². The first kappa shape index (κ1) is 29.9. The Bertz CT molecular complexity index is 419. The molecule has 4 heteroatoms. The Kier molecular flexibility index (Phi) is 21.4. The minimum atomic E-state index is -0.403. The van der Waals surface area contributed by atoms with Gasteiger partial charge in [0.25, 0.3) is 0 Å². The molecule has 0 amide bonds. The maximum atomic E-state index is 12.4. The first-order valence-corrected chi connectivity index (χ1v) is 13.3. The molecular weight excluding hydrogens is 388 g/mol. The van der Waals surface area contributed by atoms with Gasteiger partial charge in [0.05, 0.1) is 25.6 Å². The van der Waals surface area contributed by atoms with E-state index in [4.69, 9.17) is 9.47 Å². The molecule has 4 nitrogen and oxygen atoms in total. The number of esters is 2. The maximum Gasteiger partial charge on any atom is 0.309 e. The quantitative estimate of drug-likeness (QED) is 0.126.